The number of alkyl halides is 3. The van der Waals surface area contributed by atoms with Crippen LogP contribution in [0.15, 0.2) is 42.5 Å². The van der Waals surface area contributed by atoms with Gasteiger partial charge in [-0.3, -0.25) is 9.59 Å². The zero-order chi connectivity index (χ0) is 35.4. The first-order valence-electron chi connectivity index (χ1n) is 16.1. The number of halogens is 3. The Morgan fingerprint density at radius 3 is 2.42 bits per heavy atom. The average Bonchev–Trinajstić information content (AvgIpc) is 3.04. The number of rotatable bonds is 9. The molecule has 0 spiro atoms. The summed E-state index contributed by atoms with van der Waals surface area (Å²) < 4.78 is 55.8. The molecule has 14 heteroatoms. The van der Waals surface area contributed by atoms with Gasteiger partial charge in [-0.25, -0.2) is 4.79 Å². The summed E-state index contributed by atoms with van der Waals surface area (Å²) in [6, 6.07) is 10.4. The van der Waals surface area contributed by atoms with Crippen molar-refractivity contribution in [1.82, 2.24) is 9.80 Å². The van der Waals surface area contributed by atoms with Gasteiger partial charge in [0.05, 0.1) is 44.0 Å². The summed E-state index contributed by atoms with van der Waals surface area (Å²) in [5.74, 6) is -0.555. The number of methoxy groups -OCH3 is 1. The molecule has 0 fully saturated rings. The van der Waals surface area contributed by atoms with Gasteiger partial charge in [0.15, 0.2) is 0 Å². The number of nitrogens with one attached hydrogen (secondary N) is 2. The highest BCUT2D eigenvalue weighted by Crippen LogP contribution is 2.29. The molecule has 4 atom stereocenters. The Morgan fingerprint density at radius 2 is 1.77 bits per heavy atom. The molecule has 1 aliphatic rings. The second-order valence-electron chi connectivity index (χ2n) is 12.2. The van der Waals surface area contributed by atoms with E-state index >= 15 is 0 Å². The minimum Gasteiger partial charge on any atom is -0.497 e. The van der Waals surface area contributed by atoms with Gasteiger partial charge in [0, 0.05) is 50.5 Å². The minimum atomic E-state index is -4.45. The maximum atomic E-state index is 14.2. The lowest BCUT2D eigenvalue weighted by molar-refractivity contribution is -0.149. The Kier molecular flexibility index (Phi) is 14.3. The quantitative estimate of drug-likeness (QED) is 0.299. The minimum absolute atomic E-state index is 0.0286. The number of fused-ring (bicyclic) bond motifs is 1. The monoisotopic (exact) mass is 680 g/mol. The van der Waals surface area contributed by atoms with E-state index in [1.165, 1.54) is 22.9 Å². The first-order chi connectivity index (χ1) is 22.7. The molecular weight excluding hydrogens is 633 g/mol. The van der Waals surface area contributed by atoms with Gasteiger partial charge in [-0.2, -0.15) is 13.2 Å². The summed E-state index contributed by atoms with van der Waals surface area (Å²) in [6.45, 7) is 5.52. The molecule has 0 saturated heterocycles. The van der Waals surface area contributed by atoms with Crippen molar-refractivity contribution in [1.29, 1.82) is 0 Å². The van der Waals surface area contributed by atoms with Crippen LogP contribution in [0.4, 0.5) is 29.3 Å². The van der Waals surface area contributed by atoms with E-state index in [1.54, 1.807) is 50.4 Å². The van der Waals surface area contributed by atoms with Crippen molar-refractivity contribution < 1.29 is 46.9 Å². The zero-order valence-corrected chi connectivity index (χ0v) is 28.1. The van der Waals surface area contributed by atoms with Gasteiger partial charge >= 0.3 is 12.2 Å². The first kappa shape index (κ1) is 38.4. The largest absolute Gasteiger partial charge is 0.497 e. The summed E-state index contributed by atoms with van der Waals surface area (Å²) >= 11 is 0. The second-order valence-corrected chi connectivity index (χ2v) is 12.2. The smallest absolute Gasteiger partial charge is 0.389 e. The zero-order valence-electron chi connectivity index (χ0n) is 28.1. The van der Waals surface area contributed by atoms with E-state index in [2.05, 4.69) is 10.6 Å². The fourth-order valence-electron chi connectivity index (χ4n) is 5.24. The van der Waals surface area contributed by atoms with Gasteiger partial charge in [0.2, 0.25) is 5.91 Å². The van der Waals surface area contributed by atoms with Crippen LogP contribution in [0.3, 0.4) is 0 Å². The molecule has 1 aliphatic heterocycles. The van der Waals surface area contributed by atoms with Gasteiger partial charge in [-0.1, -0.05) is 6.92 Å². The van der Waals surface area contributed by atoms with Crippen molar-refractivity contribution in [2.45, 2.75) is 77.3 Å². The number of nitrogens with zero attached hydrogens (tertiary/aromatic N) is 2. The van der Waals surface area contributed by atoms with E-state index in [4.69, 9.17) is 14.2 Å². The molecule has 1 heterocycles. The fourth-order valence-corrected chi connectivity index (χ4v) is 5.24. The SMILES string of the molecule is COc1ccc(NC(=O)Nc2ccc3c(c2)C(=O)N([C@H](C)CO)C[C@H](C)[C@H](CN(C)C(=O)CCC(F)(F)F)OCCCC[C@@H](C)O3)cc1. The highest BCUT2D eigenvalue weighted by atomic mass is 19.4. The van der Waals surface area contributed by atoms with E-state index in [0.717, 1.165) is 6.42 Å². The number of anilines is 2. The van der Waals surface area contributed by atoms with Gasteiger partial charge in [-0.15, -0.1) is 0 Å². The number of aliphatic hydroxyl groups is 1. The van der Waals surface area contributed by atoms with Crippen LogP contribution < -0.4 is 20.1 Å². The van der Waals surface area contributed by atoms with Crippen LogP contribution in [-0.4, -0.2) is 97.6 Å². The normalized spacial score (nSPS) is 20.1. The average molecular weight is 681 g/mol. The Hall–Kier alpha value is -4.04. The third-order valence-electron chi connectivity index (χ3n) is 8.16. The van der Waals surface area contributed by atoms with E-state index in [1.807, 2.05) is 13.8 Å². The Labute approximate surface area is 279 Å². The number of aliphatic hydroxyl groups excluding tert-OH is 1. The van der Waals surface area contributed by atoms with Gasteiger partial charge in [0.1, 0.15) is 11.5 Å². The van der Waals surface area contributed by atoms with Gasteiger partial charge < -0.3 is 39.8 Å². The lowest BCUT2D eigenvalue weighted by Gasteiger charge is -2.36. The lowest BCUT2D eigenvalue weighted by Crippen LogP contribution is -2.48. The van der Waals surface area contributed by atoms with Crippen LogP contribution in [0.5, 0.6) is 11.5 Å². The molecule has 0 radical (unpaired) electrons. The predicted octanol–water partition coefficient (Wildman–Crippen LogP) is 5.94. The molecule has 48 heavy (non-hydrogen) atoms. The second kappa shape index (κ2) is 17.9. The van der Waals surface area contributed by atoms with Crippen LogP contribution in [0.1, 0.15) is 63.2 Å². The first-order valence-corrected chi connectivity index (χ1v) is 16.1. The number of carbonyl (C=O) groups excluding carboxylic acids is 3. The third-order valence-corrected chi connectivity index (χ3v) is 8.16. The van der Waals surface area contributed by atoms with Crippen LogP contribution in [-0.2, 0) is 9.53 Å². The molecular formula is C34H47F3N4O7. The maximum Gasteiger partial charge on any atom is 0.389 e. The topological polar surface area (TPSA) is 130 Å². The van der Waals surface area contributed by atoms with Crippen molar-refractivity contribution >= 4 is 29.2 Å². The highest BCUT2D eigenvalue weighted by molar-refractivity contribution is 6.02. The maximum absolute atomic E-state index is 14.2. The standard InChI is InChI=1S/C34H47F3N4O7/c1-22-19-41(23(2)21-42)32(44)28-18-26(39-33(45)38-25-9-12-27(46-5)13-10-25)11-14-29(28)48-24(3)8-6-7-17-47-30(22)20-40(4)31(43)15-16-34(35,36)37/h9-14,18,22-24,30,42H,6-8,15-17,19-21H2,1-5H3,(H2,38,39,45)/t22-,23+,24+,30-/m0/s1. The number of urea groups is 1. The summed E-state index contributed by atoms with van der Waals surface area (Å²) in [7, 11) is 2.98. The Balaban J connectivity index is 1.88. The molecule has 266 valence electrons. The number of hydrogen-bond donors (Lipinski definition) is 3. The summed E-state index contributed by atoms with van der Waals surface area (Å²) in [5, 5.41) is 15.6. The van der Waals surface area contributed by atoms with E-state index in [0.29, 0.717) is 42.3 Å². The summed E-state index contributed by atoms with van der Waals surface area (Å²) in [4.78, 5) is 42.3. The van der Waals surface area contributed by atoms with Crippen molar-refractivity contribution in [2.75, 3.05) is 51.1 Å². The highest BCUT2D eigenvalue weighted by Gasteiger charge is 2.32. The van der Waals surface area contributed by atoms with Crippen LogP contribution >= 0.6 is 0 Å². The number of hydrogen-bond acceptors (Lipinski definition) is 7. The molecule has 0 bridgehead atoms. The molecule has 3 rings (SSSR count). The van der Waals surface area contributed by atoms with Crippen LogP contribution in [0, 0.1) is 5.92 Å². The Morgan fingerprint density at radius 1 is 1.10 bits per heavy atom. The molecule has 0 saturated carbocycles. The molecule has 2 aromatic carbocycles. The van der Waals surface area contributed by atoms with Crippen molar-refractivity contribution in [3.8, 4) is 11.5 Å². The number of benzene rings is 2. The van der Waals surface area contributed by atoms with Crippen molar-refractivity contribution in [3.63, 3.8) is 0 Å². The lowest BCUT2D eigenvalue weighted by atomic mass is 10.0. The summed E-state index contributed by atoms with van der Waals surface area (Å²) in [6.07, 6.45) is -5.14. The summed E-state index contributed by atoms with van der Waals surface area (Å²) in [5.41, 5.74) is 1.03. The molecule has 0 aliphatic carbocycles. The number of amides is 4. The Bertz CT molecular complexity index is 1360. The van der Waals surface area contributed by atoms with E-state index < -0.39 is 49.0 Å². The molecule has 11 nitrogen and oxygen atoms in total. The number of carbonyl (C=O) groups is 3. The van der Waals surface area contributed by atoms with Gasteiger partial charge in [-0.05, 0) is 75.6 Å². The predicted molar refractivity (Wildman–Crippen MR) is 175 cm³/mol. The van der Waals surface area contributed by atoms with E-state index in [-0.39, 0.29) is 37.3 Å². The number of likely N-dealkylation sites (N-methyl/N-ethyl adjacent to an activating group) is 1. The fraction of sp³-hybridized carbons (Fsp3) is 0.559. The number of ether oxygens (including phenoxy) is 3. The van der Waals surface area contributed by atoms with Crippen LogP contribution in [0.25, 0.3) is 0 Å². The van der Waals surface area contributed by atoms with Crippen LogP contribution in [0.2, 0.25) is 0 Å². The third kappa shape index (κ3) is 11.9. The van der Waals surface area contributed by atoms with Gasteiger partial charge in [0.25, 0.3) is 5.91 Å². The molecule has 2 aromatic rings. The van der Waals surface area contributed by atoms with Crippen molar-refractivity contribution in [3.05, 3.63) is 48.0 Å². The molecule has 0 unspecified atom stereocenters. The van der Waals surface area contributed by atoms with Crippen molar-refractivity contribution in [2.24, 2.45) is 5.92 Å². The molecule has 0 aromatic heterocycles. The van der Waals surface area contributed by atoms with E-state index in [9.17, 15) is 32.7 Å². The molecule has 4 amide bonds. The molecule has 3 N–H and O–H groups in total.